The number of benzene rings is 1. The maximum absolute atomic E-state index is 12.9. The number of nitrogens with zero attached hydrogens (tertiary/aromatic N) is 2. The standard InChI is InChI=1S/C24H24N4O5/c29-21-9-8-20(22(30)27-21)28-12-16-5-4-14(10-18(16)23(28)31)13-33-24(32)26-17-6-7-19(25-11-17)15-2-1-3-15/h4-7,10-11,15,20H,1-3,8-9,12-13H2,(H,26,32)(H,27,29,30). The Morgan fingerprint density at radius 3 is 2.70 bits per heavy atom. The van der Waals surface area contributed by atoms with E-state index in [9.17, 15) is 19.2 Å². The molecular weight excluding hydrogens is 424 g/mol. The number of hydrogen-bond acceptors (Lipinski definition) is 6. The molecule has 1 saturated heterocycles. The third-order valence-corrected chi connectivity index (χ3v) is 6.52. The summed E-state index contributed by atoms with van der Waals surface area (Å²) in [5, 5.41) is 4.95. The Morgan fingerprint density at radius 2 is 2.00 bits per heavy atom. The van der Waals surface area contributed by atoms with Gasteiger partial charge in [-0.05, 0) is 48.6 Å². The number of nitrogens with one attached hydrogen (secondary N) is 2. The molecule has 2 N–H and O–H groups in total. The Morgan fingerprint density at radius 1 is 1.15 bits per heavy atom. The molecule has 170 valence electrons. The van der Waals surface area contributed by atoms with E-state index in [2.05, 4.69) is 15.6 Å². The second kappa shape index (κ2) is 8.65. The Kier molecular flexibility index (Phi) is 5.53. The lowest BCUT2D eigenvalue weighted by Crippen LogP contribution is -2.52. The summed E-state index contributed by atoms with van der Waals surface area (Å²) in [7, 11) is 0. The fourth-order valence-corrected chi connectivity index (χ4v) is 4.42. The van der Waals surface area contributed by atoms with E-state index in [4.69, 9.17) is 4.74 Å². The number of pyridine rings is 1. The minimum atomic E-state index is -0.655. The summed E-state index contributed by atoms with van der Waals surface area (Å²) in [6.07, 6.45) is 5.12. The molecule has 2 fully saturated rings. The van der Waals surface area contributed by atoms with Crippen LogP contribution in [0, 0.1) is 0 Å². The van der Waals surface area contributed by atoms with Crippen LogP contribution in [0.15, 0.2) is 36.5 Å². The molecule has 4 amide bonds. The van der Waals surface area contributed by atoms with Crippen LogP contribution < -0.4 is 10.6 Å². The Bertz CT molecular complexity index is 1130. The zero-order valence-corrected chi connectivity index (χ0v) is 18.0. The highest BCUT2D eigenvalue weighted by molar-refractivity contribution is 6.05. The molecular formula is C24H24N4O5. The lowest BCUT2D eigenvalue weighted by molar-refractivity contribution is -0.136. The molecule has 1 aromatic carbocycles. The van der Waals surface area contributed by atoms with Gasteiger partial charge < -0.3 is 9.64 Å². The smallest absolute Gasteiger partial charge is 0.412 e. The van der Waals surface area contributed by atoms with Crippen LogP contribution >= 0.6 is 0 Å². The third-order valence-electron chi connectivity index (χ3n) is 6.52. The van der Waals surface area contributed by atoms with Gasteiger partial charge in [0.05, 0.1) is 11.9 Å². The van der Waals surface area contributed by atoms with Crippen LogP contribution in [0.2, 0.25) is 0 Å². The van der Waals surface area contributed by atoms with Crippen LogP contribution in [0.3, 0.4) is 0 Å². The number of rotatable bonds is 5. The number of fused-ring (bicyclic) bond motifs is 1. The molecule has 2 aromatic rings. The number of hydrogen-bond donors (Lipinski definition) is 2. The van der Waals surface area contributed by atoms with Crippen LogP contribution in [-0.2, 0) is 27.5 Å². The summed E-state index contributed by atoms with van der Waals surface area (Å²) in [6, 6.07) is 8.38. The second-order valence-electron chi connectivity index (χ2n) is 8.69. The molecule has 1 aliphatic carbocycles. The van der Waals surface area contributed by atoms with Crippen molar-refractivity contribution in [1.82, 2.24) is 15.2 Å². The molecule has 0 bridgehead atoms. The predicted octanol–water partition coefficient (Wildman–Crippen LogP) is 2.86. The number of ether oxygens (including phenoxy) is 1. The van der Waals surface area contributed by atoms with Gasteiger partial charge in [-0.2, -0.15) is 0 Å². The van der Waals surface area contributed by atoms with Crippen molar-refractivity contribution >= 4 is 29.5 Å². The van der Waals surface area contributed by atoms with Gasteiger partial charge in [-0.1, -0.05) is 18.6 Å². The van der Waals surface area contributed by atoms with E-state index in [0.29, 0.717) is 35.7 Å². The third kappa shape index (κ3) is 4.30. The van der Waals surface area contributed by atoms with Gasteiger partial charge >= 0.3 is 6.09 Å². The molecule has 0 radical (unpaired) electrons. The first-order valence-electron chi connectivity index (χ1n) is 11.1. The SMILES string of the molecule is O=C1CCC(N2Cc3ccc(COC(=O)Nc4ccc(C5CCC5)nc4)cc3C2=O)C(=O)N1. The number of imide groups is 1. The largest absolute Gasteiger partial charge is 0.444 e. The van der Waals surface area contributed by atoms with Gasteiger partial charge in [-0.15, -0.1) is 0 Å². The Hall–Kier alpha value is -3.75. The maximum atomic E-state index is 12.9. The van der Waals surface area contributed by atoms with Gasteiger partial charge in [0.25, 0.3) is 5.91 Å². The molecule has 3 heterocycles. The molecule has 3 aliphatic rings. The monoisotopic (exact) mass is 448 g/mol. The van der Waals surface area contributed by atoms with Gasteiger partial charge in [0.1, 0.15) is 12.6 Å². The molecule has 9 nitrogen and oxygen atoms in total. The van der Waals surface area contributed by atoms with E-state index < -0.39 is 18.0 Å². The van der Waals surface area contributed by atoms with Crippen LogP contribution in [0.25, 0.3) is 0 Å². The van der Waals surface area contributed by atoms with Crippen molar-refractivity contribution in [2.75, 3.05) is 5.32 Å². The van der Waals surface area contributed by atoms with Crippen LogP contribution in [0.4, 0.5) is 10.5 Å². The van der Waals surface area contributed by atoms with Crippen molar-refractivity contribution in [3.8, 4) is 0 Å². The Labute approximate surface area is 190 Å². The van der Waals surface area contributed by atoms with Gasteiger partial charge in [0, 0.05) is 30.1 Å². The highest BCUT2D eigenvalue weighted by Crippen LogP contribution is 2.35. The van der Waals surface area contributed by atoms with Crippen molar-refractivity contribution in [1.29, 1.82) is 0 Å². The average Bonchev–Trinajstić information content (AvgIpc) is 3.08. The van der Waals surface area contributed by atoms with Gasteiger partial charge in [-0.3, -0.25) is 30.0 Å². The van der Waals surface area contributed by atoms with Gasteiger partial charge in [0.15, 0.2) is 0 Å². The van der Waals surface area contributed by atoms with Gasteiger partial charge in [-0.25, -0.2) is 4.79 Å². The van der Waals surface area contributed by atoms with Crippen molar-refractivity contribution in [3.63, 3.8) is 0 Å². The summed E-state index contributed by atoms with van der Waals surface area (Å²) < 4.78 is 5.30. The number of carbonyl (C=O) groups is 4. The minimum Gasteiger partial charge on any atom is -0.444 e. The minimum absolute atomic E-state index is 0.00159. The number of piperidine rings is 1. The fourth-order valence-electron chi connectivity index (χ4n) is 4.42. The summed E-state index contributed by atoms with van der Waals surface area (Å²) in [4.78, 5) is 54.5. The lowest BCUT2D eigenvalue weighted by Gasteiger charge is -2.29. The van der Waals surface area contributed by atoms with Gasteiger partial charge in [0.2, 0.25) is 11.8 Å². The molecule has 1 unspecified atom stereocenters. The number of carbonyl (C=O) groups excluding carboxylic acids is 4. The van der Waals surface area contributed by atoms with E-state index in [0.717, 1.165) is 24.1 Å². The quantitative estimate of drug-likeness (QED) is 0.679. The number of aromatic nitrogens is 1. The van der Waals surface area contributed by atoms with Crippen molar-refractivity contribution < 1.29 is 23.9 Å². The second-order valence-corrected chi connectivity index (χ2v) is 8.69. The topological polar surface area (TPSA) is 118 Å². The van der Waals surface area contributed by atoms with E-state index in [1.807, 2.05) is 12.1 Å². The number of anilines is 1. The lowest BCUT2D eigenvalue weighted by atomic mass is 9.83. The Balaban J connectivity index is 1.17. The molecule has 0 spiro atoms. The zero-order chi connectivity index (χ0) is 22.9. The summed E-state index contributed by atoms with van der Waals surface area (Å²) in [5.74, 6) is -0.492. The first kappa shape index (κ1) is 21.1. The summed E-state index contributed by atoms with van der Waals surface area (Å²) in [5.41, 5.74) is 3.56. The zero-order valence-electron chi connectivity index (χ0n) is 18.0. The number of amides is 4. The van der Waals surface area contributed by atoms with Crippen molar-refractivity contribution in [2.45, 2.75) is 57.2 Å². The van der Waals surface area contributed by atoms with Crippen molar-refractivity contribution in [3.05, 3.63) is 58.9 Å². The fraction of sp³-hybridized carbons (Fsp3) is 0.375. The molecule has 5 rings (SSSR count). The first-order chi connectivity index (χ1) is 16.0. The molecule has 1 aromatic heterocycles. The molecule has 9 heteroatoms. The highest BCUT2D eigenvalue weighted by Gasteiger charge is 2.39. The van der Waals surface area contributed by atoms with E-state index >= 15 is 0 Å². The van der Waals surface area contributed by atoms with E-state index in [1.54, 1.807) is 24.4 Å². The molecule has 2 aliphatic heterocycles. The first-order valence-corrected chi connectivity index (χ1v) is 11.1. The average molecular weight is 448 g/mol. The van der Waals surface area contributed by atoms with Crippen LogP contribution in [0.5, 0.6) is 0 Å². The molecule has 1 atom stereocenters. The van der Waals surface area contributed by atoms with Crippen molar-refractivity contribution in [2.24, 2.45) is 0 Å². The normalized spacial score (nSPS) is 20.2. The van der Waals surface area contributed by atoms with E-state index in [-0.39, 0.29) is 24.8 Å². The summed E-state index contributed by atoms with van der Waals surface area (Å²) >= 11 is 0. The highest BCUT2D eigenvalue weighted by atomic mass is 16.5. The summed E-state index contributed by atoms with van der Waals surface area (Å²) in [6.45, 7) is 0.310. The maximum Gasteiger partial charge on any atom is 0.412 e. The van der Waals surface area contributed by atoms with Crippen LogP contribution in [-0.4, -0.2) is 39.7 Å². The molecule has 33 heavy (non-hydrogen) atoms. The predicted molar refractivity (Wildman–Crippen MR) is 117 cm³/mol. The van der Waals surface area contributed by atoms with E-state index in [1.165, 1.54) is 11.3 Å². The van der Waals surface area contributed by atoms with Crippen LogP contribution in [0.1, 0.15) is 65.2 Å². The molecule has 1 saturated carbocycles.